The molecule has 0 saturated heterocycles. The summed E-state index contributed by atoms with van der Waals surface area (Å²) in [5.41, 5.74) is 1.24. The monoisotopic (exact) mass is 145 g/mol. The van der Waals surface area contributed by atoms with Gasteiger partial charge in [0.25, 0.3) is 0 Å². The van der Waals surface area contributed by atoms with E-state index in [2.05, 4.69) is 38.1 Å². The van der Waals surface area contributed by atoms with Crippen molar-refractivity contribution in [3.8, 4) is 0 Å². The third-order valence-corrected chi connectivity index (χ3v) is 1.42. The zero-order valence-corrected chi connectivity index (χ0v) is 6.83. The van der Waals surface area contributed by atoms with Crippen LogP contribution in [0.1, 0.15) is 12.5 Å². The van der Waals surface area contributed by atoms with Crippen LogP contribution < -0.4 is 0 Å². The van der Waals surface area contributed by atoms with Gasteiger partial charge < -0.3 is 0 Å². The van der Waals surface area contributed by atoms with Crippen molar-refractivity contribution in [2.45, 2.75) is 6.92 Å². The topological polar surface area (TPSA) is 0 Å². The van der Waals surface area contributed by atoms with Gasteiger partial charge in [-0.3, -0.25) is 0 Å². The lowest BCUT2D eigenvalue weighted by atomic mass is 10.1. The molecule has 1 unspecified atom stereocenters. The predicted octanol–water partition coefficient (Wildman–Crippen LogP) is 3.17. The van der Waals surface area contributed by atoms with E-state index in [0.717, 1.165) is 0 Å². The van der Waals surface area contributed by atoms with Crippen molar-refractivity contribution in [2.24, 2.45) is 5.92 Å². The number of benzene rings is 1. The molecule has 0 amide bonds. The van der Waals surface area contributed by atoms with E-state index in [-0.39, 0.29) is 0 Å². The van der Waals surface area contributed by atoms with E-state index < -0.39 is 0 Å². The number of hydrogen-bond acceptors (Lipinski definition) is 0. The molecule has 0 heteroatoms. The highest BCUT2D eigenvalue weighted by atomic mass is 13.9. The Labute approximate surface area is 68.6 Å². The van der Waals surface area contributed by atoms with Crippen LogP contribution in [0.2, 0.25) is 0 Å². The molecule has 0 aliphatic rings. The van der Waals surface area contributed by atoms with Crippen molar-refractivity contribution in [1.29, 1.82) is 0 Å². The van der Waals surface area contributed by atoms with Gasteiger partial charge >= 0.3 is 0 Å². The molecule has 1 atom stereocenters. The molecule has 0 nitrogen and oxygen atoms in total. The first-order chi connectivity index (χ1) is 5.29. The molecule has 0 saturated carbocycles. The average Bonchev–Trinajstić information content (AvgIpc) is 2.03. The summed E-state index contributed by atoms with van der Waals surface area (Å²) in [5.74, 6) is 0.384. The summed E-state index contributed by atoms with van der Waals surface area (Å²) < 4.78 is 0. The zero-order chi connectivity index (χ0) is 8.10. The Bertz CT molecular complexity index is 219. The lowest BCUT2D eigenvalue weighted by molar-refractivity contribution is 0.942. The van der Waals surface area contributed by atoms with Crippen molar-refractivity contribution in [1.82, 2.24) is 0 Å². The van der Waals surface area contributed by atoms with Gasteiger partial charge in [0.15, 0.2) is 0 Å². The molecule has 0 bridgehead atoms. The molecule has 0 aliphatic carbocycles. The van der Waals surface area contributed by atoms with Gasteiger partial charge in [-0.25, -0.2) is 0 Å². The molecule has 1 radical (unpaired) electrons. The molecule has 1 aromatic carbocycles. The zero-order valence-electron chi connectivity index (χ0n) is 6.83. The Hall–Kier alpha value is -1.04. The summed E-state index contributed by atoms with van der Waals surface area (Å²) in [6.45, 7) is 5.94. The van der Waals surface area contributed by atoms with Gasteiger partial charge in [0.1, 0.15) is 0 Å². The van der Waals surface area contributed by atoms with E-state index in [1.807, 2.05) is 18.2 Å². The van der Waals surface area contributed by atoms with Gasteiger partial charge in [-0.1, -0.05) is 49.4 Å². The quantitative estimate of drug-likeness (QED) is 0.599. The van der Waals surface area contributed by atoms with Gasteiger partial charge in [-0.2, -0.15) is 0 Å². The van der Waals surface area contributed by atoms with E-state index in [4.69, 9.17) is 0 Å². The number of hydrogen-bond donors (Lipinski definition) is 0. The Morgan fingerprint density at radius 1 is 1.27 bits per heavy atom. The summed E-state index contributed by atoms with van der Waals surface area (Å²) in [5, 5.41) is 0. The maximum absolute atomic E-state index is 3.87. The van der Waals surface area contributed by atoms with E-state index >= 15 is 0 Å². The third-order valence-electron chi connectivity index (χ3n) is 1.42. The predicted molar refractivity (Wildman–Crippen MR) is 50.0 cm³/mol. The molecular weight excluding hydrogens is 132 g/mol. The van der Waals surface area contributed by atoms with Crippen molar-refractivity contribution >= 4 is 6.08 Å². The van der Waals surface area contributed by atoms with Crippen LogP contribution in [0.3, 0.4) is 0 Å². The van der Waals surface area contributed by atoms with Crippen LogP contribution in [-0.2, 0) is 0 Å². The smallest absolute Gasteiger partial charge is 0.0258 e. The first-order valence-electron chi connectivity index (χ1n) is 3.85. The van der Waals surface area contributed by atoms with Gasteiger partial charge in [-0.15, -0.1) is 0 Å². The van der Waals surface area contributed by atoms with E-state index in [0.29, 0.717) is 5.92 Å². The van der Waals surface area contributed by atoms with Crippen LogP contribution in [-0.4, -0.2) is 0 Å². The third kappa shape index (κ3) is 3.03. The Morgan fingerprint density at radius 3 is 2.45 bits per heavy atom. The molecule has 1 rings (SSSR count). The van der Waals surface area contributed by atoms with Crippen molar-refractivity contribution < 1.29 is 0 Å². The summed E-state index contributed by atoms with van der Waals surface area (Å²) >= 11 is 0. The van der Waals surface area contributed by atoms with Crippen LogP contribution in [0.25, 0.3) is 6.08 Å². The molecular formula is C11H13. The van der Waals surface area contributed by atoms with Gasteiger partial charge in [0.2, 0.25) is 0 Å². The van der Waals surface area contributed by atoms with Crippen molar-refractivity contribution in [3.05, 3.63) is 48.9 Å². The molecule has 57 valence electrons. The van der Waals surface area contributed by atoms with E-state index in [1.165, 1.54) is 5.56 Å². The second-order valence-corrected chi connectivity index (χ2v) is 2.75. The van der Waals surface area contributed by atoms with Gasteiger partial charge in [0.05, 0.1) is 0 Å². The molecule has 0 fully saturated rings. The Morgan fingerprint density at radius 2 is 1.91 bits per heavy atom. The second-order valence-electron chi connectivity index (χ2n) is 2.75. The summed E-state index contributed by atoms with van der Waals surface area (Å²) in [6, 6.07) is 10.3. The second kappa shape index (κ2) is 3.97. The maximum atomic E-state index is 3.87. The highest BCUT2D eigenvalue weighted by Gasteiger charge is 1.84. The van der Waals surface area contributed by atoms with Crippen LogP contribution in [0.15, 0.2) is 36.4 Å². The minimum absolute atomic E-state index is 0.384. The molecule has 11 heavy (non-hydrogen) atoms. The molecule has 0 spiro atoms. The highest BCUT2D eigenvalue weighted by Crippen LogP contribution is 2.03. The largest absolute Gasteiger partial charge is 0.0811 e. The van der Waals surface area contributed by atoms with Crippen LogP contribution >= 0.6 is 0 Å². The summed E-state index contributed by atoms with van der Waals surface area (Å²) in [7, 11) is 0. The molecule has 0 N–H and O–H groups in total. The fourth-order valence-electron chi connectivity index (χ4n) is 0.840. The minimum Gasteiger partial charge on any atom is -0.0811 e. The van der Waals surface area contributed by atoms with Crippen molar-refractivity contribution in [2.75, 3.05) is 0 Å². The number of allylic oxidation sites excluding steroid dienone is 1. The molecule has 0 heterocycles. The highest BCUT2D eigenvalue weighted by molar-refractivity contribution is 5.48. The summed E-state index contributed by atoms with van der Waals surface area (Å²) in [4.78, 5) is 0. The number of rotatable bonds is 2. The van der Waals surface area contributed by atoms with E-state index in [9.17, 15) is 0 Å². The first kappa shape index (κ1) is 8.06. The molecule has 1 aromatic rings. The van der Waals surface area contributed by atoms with Crippen LogP contribution in [0.4, 0.5) is 0 Å². The molecule has 0 aliphatic heterocycles. The first-order valence-corrected chi connectivity index (χ1v) is 3.85. The Balaban J connectivity index is 2.65. The SMILES string of the molecule is [CH2]C(C)/C=C/c1ccccc1. The minimum atomic E-state index is 0.384. The van der Waals surface area contributed by atoms with E-state index in [1.54, 1.807) is 0 Å². The average molecular weight is 145 g/mol. The van der Waals surface area contributed by atoms with Crippen molar-refractivity contribution in [3.63, 3.8) is 0 Å². The van der Waals surface area contributed by atoms with Gasteiger partial charge in [-0.05, 0) is 18.4 Å². The fourth-order valence-corrected chi connectivity index (χ4v) is 0.840. The van der Waals surface area contributed by atoms with Gasteiger partial charge in [0, 0.05) is 0 Å². The lowest BCUT2D eigenvalue weighted by Gasteiger charge is -1.93. The van der Waals surface area contributed by atoms with Crippen LogP contribution in [0, 0.1) is 12.8 Å². The maximum Gasteiger partial charge on any atom is -0.0258 e. The lowest BCUT2D eigenvalue weighted by Crippen LogP contribution is -1.77. The Kier molecular flexibility index (Phi) is 2.91. The van der Waals surface area contributed by atoms with Crippen LogP contribution in [0.5, 0.6) is 0 Å². The molecule has 0 aromatic heterocycles. The normalized spacial score (nSPS) is 11.2. The summed E-state index contributed by atoms with van der Waals surface area (Å²) in [6.07, 6.45) is 4.19. The standard InChI is InChI=1S/C11H13/c1-10(2)8-9-11-6-4-3-5-7-11/h3-10H,1H2,2H3/b9-8+. The fraction of sp³-hybridized carbons (Fsp3) is 0.182.